The van der Waals surface area contributed by atoms with Crippen LogP contribution in [-0.4, -0.2) is 62.2 Å². The lowest BCUT2D eigenvalue weighted by atomic mass is 9.99. The second-order valence-corrected chi connectivity index (χ2v) is 10.0. The molecule has 2 fully saturated rings. The molecule has 0 N–H and O–H groups in total. The minimum atomic E-state index is -3.30. The summed E-state index contributed by atoms with van der Waals surface area (Å²) in [6.07, 6.45) is 2.39. The number of hydrogen-bond donors (Lipinski definition) is 0. The van der Waals surface area contributed by atoms with Crippen LogP contribution in [0, 0.1) is 5.92 Å². The number of anilines is 2. The quantitative estimate of drug-likeness (QED) is 0.747. The molecule has 0 unspecified atom stereocenters. The van der Waals surface area contributed by atoms with Crippen molar-refractivity contribution < 1.29 is 8.42 Å². The Morgan fingerprint density at radius 3 is 1.93 bits per heavy atom. The number of hydrogen-bond acceptors (Lipinski definition) is 6. The van der Waals surface area contributed by atoms with Crippen LogP contribution < -0.4 is 9.80 Å². The minimum absolute atomic E-state index is 0.0524. The Bertz CT molecular complexity index is 888. The van der Waals surface area contributed by atoms with Gasteiger partial charge in [0.1, 0.15) is 0 Å². The number of benzene rings is 1. The molecule has 0 bridgehead atoms. The zero-order chi connectivity index (χ0) is 20.3. The molecule has 0 atom stereocenters. The first-order valence-electron chi connectivity index (χ1n) is 10.4. The predicted molar refractivity (Wildman–Crippen MR) is 115 cm³/mol. The third-order valence-corrected chi connectivity index (χ3v) is 7.74. The summed E-state index contributed by atoms with van der Waals surface area (Å²) >= 11 is 0. The monoisotopic (exact) mass is 415 g/mol. The van der Waals surface area contributed by atoms with E-state index < -0.39 is 10.0 Å². The van der Waals surface area contributed by atoms with Gasteiger partial charge in [0, 0.05) is 39.3 Å². The number of rotatable bonds is 5. The molecule has 0 saturated carbocycles. The normalized spacial score (nSPS) is 19.5. The summed E-state index contributed by atoms with van der Waals surface area (Å²) in [5, 5.41) is 8.85. The fourth-order valence-electron chi connectivity index (χ4n) is 3.96. The van der Waals surface area contributed by atoms with Gasteiger partial charge in [-0.15, -0.1) is 10.2 Å². The summed E-state index contributed by atoms with van der Waals surface area (Å²) in [6.45, 7) is 6.57. The minimum Gasteiger partial charge on any atom is -0.355 e. The molecule has 2 saturated heterocycles. The molecule has 1 aromatic heterocycles. The molecule has 8 heteroatoms. The van der Waals surface area contributed by atoms with Crippen LogP contribution in [0.5, 0.6) is 0 Å². The molecule has 29 heavy (non-hydrogen) atoms. The molecule has 7 nitrogen and oxygen atoms in total. The van der Waals surface area contributed by atoms with Gasteiger partial charge in [-0.2, -0.15) is 4.31 Å². The summed E-state index contributed by atoms with van der Waals surface area (Å²) < 4.78 is 27.0. The third-order valence-electron chi connectivity index (χ3n) is 5.89. The Morgan fingerprint density at radius 2 is 1.38 bits per heavy atom. The van der Waals surface area contributed by atoms with Crippen LogP contribution >= 0.6 is 0 Å². The number of piperazine rings is 1. The summed E-state index contributed by atoms with van der Waals surface area (Å²) in [7, 11) is -3.30. The fourth-order valence-corrected chi connectivity index (χ4v) is 5.48. The van der Waals surface area contributed by atoms with Crippen molar-refractivity contribution in [2.45, 2.75) is 25.5 Å². The molecule has 1 aromatic carbocycles. The van der Waals surface area contributed by atoms with Gasteiger partial charge in [0.25, 0.3) is 0 Å². The van der Waals surface area contributed by atoms with Gasteiger partial charge in [0.2, 0.25) is 10.0 Å². The molecular formula is C21H29N5O2S. The SMILES string of the molecule is CC1CCN(c2ccc(N3CCN(S(=O)(=O)Cc4ccccc4)CC3)nn2)CC1. The highest BCUT2D eigenvalue weighted by Gasteiger charge is 2.28. The van der Waals surface area contributed by atoms with E-state index in [9.17, 15) is 8.42 Å². The fraction of sp³-hybridized carbons (Fsp3) is 0.524. The van der Waals surface area contributed by atoms with Gasteiger partial charge in [-0.05, 0) is 36.5 Å². The molecule has 0 amide bonds. The maximum Gasteiger partial charge on any atom is 0.218 e. The first-order chi connectivity index (χ1) is 14.0. The summed E-state index contributed by atoms with van der Waals surface area (Å²) in [5.41, 5.74) is 0.823. The first-order valence-corrected chi connectivity index (χ1v) is 12.0. The highest BCUT2D eigenvalue weighted by atomic mass is 32.2. The zero-order valence-corrected chi connectivity index (χ0v) is 17.8. The van der Waals surface area contributed by atoms with Crippen molar-refractivity contribution >= 4 is 21.7 Å². The van der Waals surface area contributed by atoms with Gasteiger partial charge in [-0.3, -0.25) is 0 Å². The van der Waals surface area contributed by atoms with E-state index in [1.54, 1.807) is 4.31 Å². The van der Waals surface area contributed by atoms with Crippen molar-refractivity contribution in [3.8, 4) is 0 Å². The second-order valence-electron chi connectivity index (χ2n) is 8.05. The van der Waals surface area contributed by atoms with Crippen LogP contribution in [-0.2, 0) is 15.8 Å². The molecule has 2 aliphatic rings. The molecule has 0 spiro atoms. The van der Waals surface area contributed by atoms with Crippen molar-refractivity contribution in [1.29, 1.82) is 0 Å². The molecule has 4 rings (SSSR count). The van der Waals surface area contributed by atoms with Crippen LogP contribution in [0.15, 0.2) is 42.5 Å². The number of piperidine rings is 1. The zero-order valence-electron chi connectivity index (χ0n) is 16.9. The summed E-state index contributed by atoms with van der Waals surface area (Å²) in [4.78, 5) is 4.41. The number of sulfonamides is 1. The van der Waals surface area contributed by atoms with E-state index in [1.807, 2.05) is 42.5 Å². The Labute approximate surface area is 173 Å². The maximum absolute atomic E-state index is 12.7. The number of nitrogens with zero attached hydrogens (tertiary/aromatic N) is 5. The van der Waals surface area contributed by atoms with Crippen LogP contribution in [0.25, 0.3) is 0 Å². The van der Waals surface area contributed by atoms with Gasteiger partial charge in [0.15, 0.2) is 11.6 Å². The summed E-state index contributed by atoms with van der Waals surface area (Å²) in [5.74, 6) is 2.59. The molecule has 0 aliphatic carbocycles. The average Bonchev–Trinajstić information content (AvgIpc) is 2.75. The van der Waals surface area contributed by atoms with Gasteiger partial charge >= 0.3 is 0 Å². The van der Waals surface area contributed by atoms with E-state index in [0.29, 0.717) is 26.2 Å². The van der Waals surface area contributed by atoms with E-state index in [1.165, 1.54) is 12.8 Å². The molecular weight excluding hydrogens is 386 g/mol. The Kier molecular flexibility index (Phi) is 6.01. The Morgan fingerprint density at radius 1 is 0.828 bits per heavy atom. The lowest BCUT2D eigenvalue weighted by molar-refractivity contribution is 0.383. The standard InChI is InChI=1S/C21H29N5O2S/c1-18-9-11-24(12-10-18)20-7-8-21(23-22-20)25-13-15-26(16-14-25)29(27,28)17-19-5-3-2-4-6-19/h2-8,18H,9-17H2,1H3. The lowest BCUT2D eigenvalue weighted by Crippen LogP contribution is -2.49. The van der Waals surface area contributed by atoms with Crippen molar-refractivity contribution in [1.82, 2.24) is 14.5 Å². The lowest BCUT2D eigenvalue weighted by Gasteiger charge is -2.35. The second kappa shape index (κ2) is 8.67. The molecule has 3 heterocycles. The molecule has 2 aliphatic heterocycles. The van der Waals surface area contributed by atoms with Gasteiger partial charge in [0.05, 0.1) is 5.75 Å². The topological polar surface area (TPSA) is 69.6 Å². The largest absolute Gasteiger partial charge is 0.355 e. The van der Waals surface area contributed by atoms with Gasteiger partial charge < -0.3 is 9.80 Å². The Balaban J connectivity index is 1.33. The van der Waals surface area contributed by atoms with Crippen LogP contribution in [0.1, 0.15) is 25.3 Å². The summed E-state index contributed by atoms with van der Waals surface area (Å²) in [6, 6.07) is 13.4. The average molecular weight is 416 g/mol. The smallest absolute Gasteiger partial charge is 0.218 e. The highest BCUT2D eigenvalue weighted by molar-refractivity contribution is 7.88. The van der Waals surface area contributed by atoms with E-state index in [4.69, 9.17) is 0 Å². The van der Waals surface area contributed by atoms with Crippen LogP contribution in [0.3, 0.4) is 0 Å². The first kappa shape index (κ1) is 20.1. The predicted octanol–water partition coefficient (Wildman–Crippen LogP) is 2.36. The number of aromatic nitrogens is 2. The van der Waals surface area contributed by atoms with Crippen molar-refractivity contribution in [3.05, 3.63) is 48.0 Å². The van der Waals surface area contributed by atoms with Crippen molar-refractivity contribution in [2.75, 3.05) is 49.1 Å². The van der Waals surface area contributed by atoms with E-state index in [-0.39, 0.29) is 5.75 Å². The van der Waals surface area contributed by atoms with Gasteiger partial charge in [-0.1, -0.05) is 37.3 Å². The highest BCUT2D eigenvalue weighted by Crippen LogP contribution is 2.23. The molecule has 156 valence electrons. The maximum atomic E-state index is 12.7. The molecule has 0 radical (unpaired) electrons. The van der Waals surface area contributed by atoms with Crippen molar-refractivity contribution in [2.24, 2.45) is 5.92 Å². The van der Waals surface area contributed by atoms with Gasteiger partial charge in [-0.25, -0.2) is 8.42 Å². The van der Waals surface area contributed by atoms with Crippen LogP contribution in [0.2, 0.25) is 0 Å². The van der Waals surface area contributed by atoms with Crippen molar-refractivity contribution in [3.63, 3.8) is 0 Å². The van der Waals surface area contributed by atoms with E-state index in [2.05, 4.69) is 26.9 Å². The third kappa shape index (κ3) is 4.87. The van der Waals surface area contributed by atoms with E-state index >= 15 is 0 Å². The van der Waals surface area contributed by atoms with E-state index in [0.717, 1.165) is 36.2 Å². The Hall–Kier alpha value is -2.19. The molecule has 2 aromatic rings. The van der Waals surface area contributed by atoms with Crippen LogP contribution in [0.4, 0.5) is 11.6 Å².